The van der Waals surface area contributed by atoms with Gasteiger partial charge in [-0.05, 0) is 43.8 Å². The van der Waals surface area contributed by atoms with Gasteiger partial charge in [0.05, 0.1) is 5.56 Å². The normalized spacial score (nSPS) is 10.7. The van der Waals surface area contributed by atoms with Crippen molar-refractivity contribution in [3.63, 3.8) is 0 Å². The van der Waals surface area contributed by atoms with Crippen molar-refractivity contribution >= 4 is 11.7 Å². The Morgan fingerprint density at radius 3 is 2.50 bits per heavy atom. The molecule has 0 saturated carbocycles. The van der Waals surface area contributed by atoms with E-state index in [9.17, 15) is 4.79 Å². The Balaban J connectivity index is 2.55. The van der Waals surface area contributed by atoms with Gasteiger partial charge < -0.3 is 15.3 Å². The van der Waals surface area contributed by atoms with Crippen LogP contribution in [0.4, 0.5) is 5.69 Å². The predicted molar refractivity (Wildman–Crippen MR) is 74.4 cm³/mol. The monoisotopic (exact) mass is 250 g/mol. The molecule has 4 nitrogen and oxygen atoms in total. The third-order valence-corrected chi connectivity index (χ3v) is 3.11. The largest absolute Gasteiger partial charge is 0.478 e. The molecule has 0 fully saturated rings. The van der Waals surface area contributed by atoms with Gasteiger partial charge in [0.1, 0.15) is 0 Å². The maximum atomic E-state index is 10.8. The van der Waals surface area contributed by atoms with Gasteiger partial charge in [-0.2, -0.15) is 0 Å². The number of likely N-dealkylation sites (N-methyl/N-ethyl adjacent to an activating group) is 1. The van der Waals surface area contributed by atoms with Crippen molar-refractivity contribution in [2.24, 2.45) is 0 Å². The molecule has 0 heterocycles. The number of nitrogens with zero attached hydrogens (tertiary/aromatic N) is 1. The molecule has 0 aromatic heterocycles. The number of anilines is 1. The summed E-state index contributed by atoms with van der Waals surface area (Å²) in [5.41, 5.74) is 2.31. The lowest BCUT2D eigenvalue weighted by Crippen LogP contribution is -2.28. The van der Waals surface area contributed by atoms with Crippen LogP contribution < -0.4 is 5.32 Å². The summed E-state index contributed by atoms with van der Waals surface area (Å²) in [5.74, 6) is -0.882. The number of aryl methyl sites for hydroxylation is 1. The number of hydrogen-bond donors (Lipinski definition) is 2. The molecule has 1 aromatic carbocycles. The van der Waals surface area contributed by atoms with E-state index < -0.39 is 5.97 Å². The molecular formula is C14H22N2O2. The number of benzene rings is 1. The zero-order chi connectivity index (χ0) is 13.5. The van der Waals surface area contributed by atoms with E-state index in [2.05, 4.69) is 24.1 Å². The highest BCUT2D eigenvalue weighted by Gasteiger charge is 2.05. The molecule has 0 aliphatic carbocycles. The molecule has 100 valence electrons. The fourth-order valence-electron chi connectivity index (χ4n) is 1.88. The summed E-state index contributed by atoms with van der Waals surface area (Å²) in [5, 5.41) is 12.2. The number of carboxylic acids is 1. The van der Waals surface area contributed by atoms with Crippen LogP contribution in [0, 0.1) is 6.92 Å². The minimum atomic E-state index is -0.882. The number of aromatic carboxylic acids is 1. The van der Waals surface area contributed by atoms with Gasteiger partial charge in [0.25, 0.3) is 0 Å². The Bertz CT molecular complexity index is 401. The molecule has 0 atom stereocenters. The first-order chi connectivity index (χ1) is 8.58. The van der Waals surface area contributed by atoms with Gasteiger partial charge >= 0.3 is 5.97 Å². The van der Waals surface area contributed by atoms with E-state index in [0.717, 1.165) is 37.4 Å². The predicted octanol–water partition coefficient (Wildman–Crippen LogP) is 2.45. The van der Waals surface area contributed by atoms with Crippen molar-refractivity contribution in [2.45, 2.75) is 20.8 Å². The first-order valence-electron chi connectivity index (χ1n) is 6.38. The molecule has 0 amide bonds. The van der Waals surface area contributed by atoms with Crippen LogP contribution in [0.25, 0.3) is 0 Å². The summed E-state index contributed by atoms with van der Waals surface area (Å²) < 4.78 is 0. The third kappa shape index (κ3) is 4.04. The zero-order valence-electron chi connectivity index (χ0n) is 11.4. The molecule has 0 saturated heterocycles. The van der Waals surface area contributed by atoms with E-state index >= 15 is 0 Å². The summed E-state index contributed by atoms with van der Waals surface area (Å²) in [6.45, 7) is 10.2. The number of carboxylic acid groups (broad SMARTS) is 1. The van der Waals surface area contributed by atoms with Crippen LogP contribution in [0.1, 0.15) is 29.8 Å². The fourth-order valence-corrected chi connectivity index (χ4v) is 1.88. The second kappa shape index (κ2) is 7.01. The third-order valence-electron chi connectivity index (χ3n) is 3.11. The van der Waals surface area contributed by atoms with Crippen molar-refractivity contribution in [1.82, 2.24) is 4.90 Å². The van der Waals surface area contributed by atoms with E-state index in [1.165, 1.54) is 0 Å². The maximum Gasteiger partial charge on any atom is 0.335 e. The van der Waals surface area contributed by atoms with Crippen molar-refractivity contribution in [1.29, 1.82) is 0 Å². The van der Waals surface area contributed by atoms with Gasteiger partial charge in [0.2, 0.25) is 0 Å². The molecule has 0 spiro atoms. The van der Waals surface area contributed by atoms with Crippen molar-refractivity contribution in [2.75, 3.05) is 31.5 Å². The summed E-state index contributed by atoms with van der Waals surface area (Å²) in [6, 6.07) is 5.16. The zero-order valence-corrected chi connectivity index (χ0v) is 11.4. The highest BCUT2D eigenvalue weighted by Crippen LogP contribution is 2.16. The average Bonchev–Trinajstić information content (AvgIpc) is 2.36. The molecule has 18 heavy (non-hydrogen) atoms. The molecule has 0 aliphatic rings. The summed E-state index contributed by atoms with van der Waals surface area (Å²) in [6.07, 6.45) is 0. The van der Waals surface area contributed by atoms with Gasteiger partial charge in [0.15, 0.2) is 0 Å². The lowest BCUT2D eigenvalue weighted by Gasteiger charge is -2.19. The van der Waals surface area contributed by atoms with Crippen LogP contribution in [0.5, 0.6) is 0 Å². The standard InChI is InChI=1S/C14H22N2O2/c1-4-16(5-2)9-8-15-13-7-6-12(14(17)18)10-11(13)3/h6-7,10,15H,4-5,8-9H2,1-3H3,(H,17,18). The summed E-state index contributed by atoms with van der Waals surface area (Å²) >= 11 is 0. The first kappa shape index (κ1) is 14.5. The average molecular weight is 250 g/mol. The van der Waals surface area contributed by atoms with E-state index in [1.54, 1.807) is 12.1 Å². The Morgan fingerprint density at radius 1 is 1.33 bits per heavy atom. The van der Waals surface area contributed by atoms with Crippen LogP contribution in [0.3, 0.4) is 0 Å². The van der Waals surface area contributed by atoms with E-state index in [0.29, 0.717) is 5.56 Å². The molecule has 4 heteroatoms. The van der Waals surface area contributed by atoms with Gasteiger partial charge in [-0.1, -0.05) is 13.8 Å². The van der Waals surface area contributed by atoms with E-state index in [-0.39, 0.29) is 0 Å². The van der Waals surface area contributed by atoms with Crippen molar-refractivity contribution < 1.29 is 9.90 Å². The van der Waals surface area contributed by atoms with E-state index in [4.69, 9.17) is 5.11 Å². The van der Waals surface area contributed by atoms with Crippen molar-refractivity contribution in [3.8, 4) is 0 Å². The Labute approximate surface area is 109 Å². The minimum absolute atomic E-state index is 0.335. The summed E-state index contributed by atoms with van der Waals surface area (Å²) in [4.78, 5) is 13.2. The maximum absolute atomic E-state index is 10.8. The molecule has 2 N–H and O–H groups in total. The van der Waals surface area contributed by atoms with Gasteiger partial charge in [-0.15, -0.1) is 0 Å². The Hall–Kier alpha value is -1.55. The van der Waals surface area contributed by atoms with Crippen LogP contribution >= 0.6 is 0 Å². The summed E-state index contributed by atoms with van der Waals surface area (Å²) in [7, 11) is 0. The number of carbonyl (C=O) groups is 1. The van der Waals surface area contributed by atoms with Crippen molar-refractivity contribution in [3.05, 3.63) is 29.3 Å². The Morgan fingerprint density at radius 2 is 2.00 bits per heavy atom. The van der Waals surface area contributed by atoms with E-state index in [1.807, 2.05) is 13.0 Å². The highest BCUT2D eigenvalue weighted by atomic mass is 16.4. The lowest BCUT2D eigenvalue weighted by molar-refractivity contribution is 0.0697. The molecule has 0 radical (unpaired) electrons. The van der Waals surface area contributed by atoms with Gasteiger partial charge in [-0.25, -0.2) is 4.79 Å². The fraction of sp³-hybridized carbons (Fsp3) is 0.500. The van der Waals surface area contributed by atoms with Gasteiger partial charge in [-0.3, -0.25) is 0 Å². The lowest BCUT2D eigenvalue weighted by atomic mass is 10.1. The van der Waals surface area contributed by atoms with Crippen LogP contribution in [-0.4, -0.2) is 42.2 Å². The quantitative estimate of drug-likeness (QED) is 0.780. The highest BCUT2D eigenvalue weighted by molar-refractivity contribution is 5.88. The second-order valence-electron chi connectivity index (χ2n) is 4.29. The Kier molecular flexibility index (Phi) is 5.65. The van der Waals surface area contributed by atoms with Gasteiger partial charge in [0, 0.05) is 18.8 Å². The molecule has 0 aliphatic heterocycles. The minimum Gasteiger partial charge on any atom is -0.478 e. The molecular weight excluding hydrogens is 228 g/mol. The molecule has 0 bridgehead atoms. The number of hydrogen-bond acceptors (Lipinski definition) is 3. The molecule has 0 unspecified atom stereocenters. The smallest absolute Gasteiger partial charge is 0.335 e. The first-order valence-corrected chi connectivity index (χ1v) is 6.38. The molecule has 1 aromatic rings. The van der Waals surface area contributed by atoms with Crippen LogP contribution in [0.2, 0.25) is 0 Å². The second-order valence-corrected chi connectivity index (χ2v) is 4.29. The number of nitrogens with one attached hydrogen (secondary N) is 1. The topological polar surface area (TPSA) is 52.6 Å². The SMILES string of the molecule is CCN(CC)CCNc1ccc(C(=O)O)cc1C. The molecule has 1 rings (SSSR count). The van der Waals surface area contributed by atoms with Crippen LogP contribution in [0.15, 0.2) is 18.2 Å². The number of rotatable bonds is 7. The van der Waals surface area contributed by atoms with Crippen LogP contribution in [-0.2, 0) is 0 Å².